The molecule has 0 bridgehead atoms. The molecule has 0 unspecified atom stereocenters. The topological polar surface area (TPSA) is 60.0 Å². The Morgan fingerprint density at radius 3 is 2.59 bits per heavy atom. The van der Waals surface area contributed by atoms with Crippen molar-refractivity contribution < 1.29 is 4.42 Å². The summed E-state index contributed by atoms with van der Waals surface area (Å²) in [4.78, 5) is 6.73. The number of anilines is 1. The lowest BCUT2D eigenvalue weighted by Gasteiger charge is -2.18. The first-order chi connectivity index (χ1) is 15.7. The lowest BCUT2D eigenvalue weighted by molar-refractivity contribution is 0.541. The quantitative estimate of drug-likeness (QED) is 0.290. The Labute approximate surface area is 193 Å². The molecule has 4 rings (SSSR count). The van der Waals surface area contributed by atoms with Crippen LogP contribution in [-0.2, 0) is 19.5 Å². The average Bonchev–Trinajstić information content (AvgIpc) is 3.49. The average molecular weight is 448 g/mol. The van der Waals surface area contributed by atoms with Crippen molar-refractivity contribution in [3.63, 3.8) is 0 Å². The van der Waals surface area contributed by atoms with Crippen LogP contribution in [0, 0.1) is 0 Å². The molecular formula is C25H26ClN5O. The second-order valence-electron chi connectivity index (χ2n) is 7.71. The zero-order valence-electron chi connectivity index (χ0n) is 18.1. The monoisotopic (exact) mass is 447 g/mol. The molecule has 0 aliphatic rings. The number of aryl methyl sites for hydroxylation is 2. The predicted octanol–water partition coefficient (Wildman–Crippen LogP) is 5.75. The number of rotatable bonds is 10. The Bertz CT molecular complexity index is 1120. The van der Waals surface area contributed by atoms with Gasteiger partial charge in [0.15, 0.2) is 0 Å². The molecule has 0 saturated heterocycles. The Hall–Kier alpha value is -3.38. The van der Waals surface area contributed by atoms with Crippen LogP contribution in [0.15, 0.2) is 71.6 Å². The van der Waals surface area contributed by atoms with Crippen molar-refractivity contribution in [1.29, 1.82) is 0 Å². The van der Waals surface area contributed by atoms with Crippen LogP contribution < -0.4 is 4.90 Å². The lowest BCUT2D eigenvalue weighted by Crippen LogP contribution is -2.16. The van der Waals surface area contributed by atoms with E-state index in [1.807, 2.05) is 47.3 Å². The molecular weight excluding hydrogens is 422 g/mol. The van der Waals surface area contributed by atoms with Gasteiger partial charge in [-0.1, -0.05) is 41.1 Å². The normalized spacial score (nSPS) is 11.3. The van der Waals surface area contributed by atoms with Crippen molar-refractivity contribution in [2.45, 2.75) is 32.4 Å². The summed E-state index contributed by atoms with van der Waals surface area (Å²) in [5.41, 5.74) is 4.43. The third-order valence-corrected chi connectivity index (χ3v) is 5.46. The van der Waals surface area contributed by atoms with Gasteiger partial charge in [0.05, 0.1) is 18.4 Å². The highest BCUT2D eigenvalue weighted by Gasteiger charge is 2.07. The first-order valence-electron chi connectivity index (χ1n) is 10.7. The van der Waals surface area contributed by atoms with Crippen LogP contribution in [0.3, 0.4) is 0 Å². The fraction of sp³-hybridized carbons (Fsp3) is 0.240. The molecule has 0 fully saturated rings. The van der Waals surface area contributed by atoms with Crippen LogP contribution in [0.5, 0.6) is 0 Å². The van der Waals surface area contributed by atoms with E-state index in [9.17, 15) is 0 Å². The summed E-state index contributed by atoms with van der Waals surface area (Å²) < 4.78 is 7.46. The zero-order chi connectivity index (χ0) is 22.2. The van der Waals surface area contributed by atoms with Crippen molar-refractivity contribution in [2.75, 3.05) is 11.9 Å². The molecule has 4 aromatic rings. The maximum atomic E-state index is 5.92. The van der Waals surface area contributed by atoms with Crippen molar-refractivity contribution >= 4 is 29.4 Å². The number of hydrogen-bond acceptors (Lipinski definition) is 5. The Morgan fingerprint density at radius 1 is 1.03 bits per heavy atom. The summed E-state index contributed by atoms with van der Waals surface area (Å²) in [5, 5.41) is 8.55. The van der Waals surface area contributed by atoms with Crippen molar-refractivity contribution in [1.82, 2.24) is 20.0 Å². The summed E-state index contributed by atoms with van der Waals surface area (Å²) in [6.45, 7) is 1.59. The number of aromatic nitrogens is 4. The van der Waals surface area contributed by atoms with Crippen molar-refractivity contribution in [3.8, 4) is 0 Å². The summed E-state index contributed by atoms with van der Waals surface area (Å²) in [6, 6.07) is 16.4. The minimum absolute atomic E-state index is 0.588. The van der Waals surface area contributed by atoms with Crippen LogP contribution in [-0.4, -0.2) is 27.0 Å². The van der Waals surface area contributed by atoms with Gasteiger partial charge in [-0.15, -0.1) is 5.10 Å². The third-order valence-electron chi connectivity index (χ3n) is 5.21. The SMILES string of the molecule is CN(Cc1coc(/C=C/c2ccc(Cl)cc2)n1)c1ccc(CCCCn2ccnn2)cc1. The van der Waals surface area contributed by atoms with E-state index in [1.165, 1.54) is 5.56 Å². The van der Waals surface area contributed by atoms with E-state index in [2.05, 4.69) is 51.5 Å². The minimum Gasteiger partial charge on any atom is -0.445 e. The van der Waals surface area contributed by atoms with Gasteiger partial charge in [0, 0.05) is 36.6 Å². The van der Waals surface area contributed by atoms with Gasteiger partial charge in [-0.2, -0.15) is 0 Å². The van der Waals surface area contributed by atoms with Gasteiger partial charge in [0.25, 0.3) is 0 Å². The number of oxazole rings is 1. The second kappa shape index (κ2) is 10.8. The van der Waals surface area contributed by atoms with E-state index in [-0.39, 0.29) is 0 Å². The Kier molecular flexibility index (Phi) is 7.35. The molecule has 0 aliphatic heterocycles. The van der Waals surface area contributed by atoms with E-state index >= 15 is 0 Å². The fourth-order valence-electron chi connectivity index (χ4n) is 3.42. The van der Waals surface area contributed by atoms with Crippen LogP contribution in [0.1, 0.15) is 35.6 Å². The molecule has 0 saturated carbocycles. The van der Waals surface area contributed by atoms with E-state index < -0.39 is 0 Å². The Balaban J connectivity index is 1.25. The second-order valence-corrected chi connectivity index (χ2v) is 8.14. The van der Waals surface area contributed by atoms with E-state index in [0.29, 0.717) is 12.4 Å². The molecule has 0 spiro atoms. The van der Waals surface area contributed by atoms with Crippen LogP contribution in [0.25, 0.3) is 12.2 Å². The van der Waals surface area contributed by atoms with Gasteiger partial charge in [-0.25, -0.2) is 4.98 Å². The number of hydrogen-bond donors (Lipinski definition) is 0. The molecule has 7 heteroatoms. The Morgan fingerprint density at radius 2 is 1.84 bits per heavy atom. The molecule has 32 heavy (non-hydrogen) atoms. The molecule has 0 amide bonds. The van der Waals surface area contributed by atoms with Gasteiger partial charge in [-0.3, -0.25) is 4.68 Å². The van der Waals surface area contributed by atoms with Gasteiger partial charge in [0.1, 0.15) is 6.26 Å². The first kappa shape index (κ1) is 21.8. The molecule has 164 valence electrons. The summed E-state index contributed by atoms with van der Waals surface area (Å²) in [6.07, 6.45) is 12.4. The number of unbranched alkanes of at least 4 members (excludes halogenated alkanes) is 1. The molecule has 0 radical (unpaired) electrons. The van der Waals surface area contributed by atoms with E-state index in [1.54, 1.807) is 12.5 Å². The summed E-state index contributed by atoms with van der Waals surface area (Å²) >= 11 is 5.92. The highest BCUT2D eigenvalue weighted by atomic mass is 35.5. The largest absolute Gasteiger partial charge is 0.445 e. The maximum absolute atomic E-state index is 5.92. The highest BCUT2D eigenvalue weighted by Crippen LogP contribution is 2.18. The van der Waals surface area contributed by atoms with Crippen LogP contribution in [0.4, 0.5) is 5.69 Å². The zero-order valence-corrected chi connectivity index (χ0v) is 18.8. The smallest absolute Gasteiger partial charge is 0.218 e. The van der Waals surface area contributed by atoms with Crippen LogP contribution in [0.2, 0.25) is 5.02 Å². The summed E-state index contributed by atoms with van der Waals surface area (Å²) in [7, 11) is 2.06. The number of halogens is 1. The van der Waals surface area contributed by atoms with Crippen molar-refractivity contribution in [3.05, 3.63) is 94.9 Å². The standard InChI is InChI=1S/C25H26ClN5O/c1-30(18-23-19-32-25(28-23)14-9-21-5-10-22(26)11-6-21)24-12-7-20(8-13-24)4-2-3-16-31-17-15-27-29-31/h5-15,17,19H,2-4,16,18H2,1H3/b14-9+. The molecule has 2 aromatic carbocycles. The van der Waals surface area contributed by atoms with E-state index in [4.69, 9.17) is 16.0 Å². The predicted molar refractivity (Wildman–Crippen MR) is 128 cm³/mol. The van der Waals surface area contributed by atoms with Crippen LogP contribution >= 0.6 is 11.6 Å². The van der Waals surface area contributed by atoms with Crippen molar-refractivity contribution in [2.24, 2.45) is 0 Å². The van der Waals surface area contributed by atoms with Gasteiger partial charge < -0.3 is 9.32 Å². The molecule has 6 nitrogen and oxygen atoms in total. The molecule has 2 heterocycles. The van der Waals surface area contributed by atoms with E-state index in [0.717, 1.165) is 47.8 Å². The van der Waals surface area contributed by atoms with Gasteiger partial charge in [-0.05, 0) is 60.7 Å². The molecule has 0 aliphatic carbocycles. The first-order valence-corrected chi connectivity index (χ1v) is 11.1. The van der Waals surface area contributed by atoms with Gasteiger partial charge in [0.2, 0.25) is 5.89 Å². The highest BCUT2D eigenvalue weighted by molar-refractivity contribution is 6.30. The molecule has 0 atom stereocenters. The minimum atomic E-state index is 0.588. The fourth-order valence-corrected chi connectivity index (χ4v) is 3.55. The van der Waals surface area contributed by atoms with Gasteiger partial charge >= 0.3 is 0 Å². The molecule has 0 N–H and O–H groups in total. The molecule has 2 aromatic heterocycles. The maximum Gasteiger partial charge on any atom is 0.218 e. The lowest BCUT2D eigenvalue weighted by atomic mass is 10.1. The third kappa shape index (κ3) is 6.31. The number of benzene rings is 2. The number of nitrogens with zero attached hydrogens (tertiary/aromatic N) is 5. The summed E-state index contributed by atoms with van der Waals surface area (Å²) in [5.74, 6) is 0.588.